The lowest BCUT2D eigenvalue weighted by molar-refractivity contribution is -0.128. The van der Waals surface area contributed by atoms with Crippen LogP contribution in [-0.4, -0.2) is 44.7 Å². The molecule has 1 aliphatic heterocycles. The summed E-state index contributed by atoms with van der Waals surface area (Å²) in [5.74, 6) is 1.86. The van der Waals surface area contributed by atoms with Crippen molar-refractivity contribution in [3.63, 3.8) is 0 Å². The summed E-state index contributed by atoms with van der Waals surface area (Å²) < 4.78 is 11.8. The number of carbonyl (C=O) groups excluding carboxylic acids is 1. The summed E-state index contributed by atoms with van der Waals surface area (Å²) in [6.45, 7) is 11.2. The van der Waals surface area contributed by atoms with Crippen LogP contribution in [0, 0.1) is 5.92 Å². The molecule has 172 valence electrons. The summed E-state index contributed by atoms with van der Waals surface area (Å²) in [7, 11) is 0. The third kappa shape index (κ3) is 4.95. The van der Waals surface area contributed by atoms with Gasteiger partial charge < -0.3 is 19.9 Å². The van der Waals surface area contributed by atoms with Crippen molar-refractivity contribution in [3.8, 4) is 17.4 Å². The Balaban J connectivity index is 1.73. The minimum Gasteiger partial charge on any atom is -0.493 e. The smallest absolute Gasteiger partial charge is 0.408 e. The van der Waals surface area contributed by atoms with Crippen LogP contribution in [0.4, 0.5) is 10.5 Å². The Morgan fingerprint density at radius 3 is 2.50 bits per heavy atom. The normalized spacial score (nSPS) is 15.9. The van der Waals surface area contributed by atoms with Crippen molar-refractivity contribution < 1.29 is 24.2 Å². The maximum absolute atomic E-state index is 12.9. The molecule has 8 nitrogen and oxygen atoms in total. The van der Waals surface area contributed by atoms with E-state index in [4.69, 9.17) is 9.47 Å². The Morgan fingerprint density at radius 1 is 1.19 bits per heavy atom. The molecular weight excluding hydrogens is 410 g/mol. The van der Waals surface area contributed by atoms with E-state index in [1.807, 2.05) is 18.2 Å². The number of pyridine rings is 1. The molecule has 0 saturated carbocycles. The summed E-state index contributed by atoms with van der Waals surface area (Å²) in [5, 5.41) is 12.4. The van der Waals surface area contributed by atoms with Crippen LogP contribution in [0.3, 0.4) is 0 Å². The van der Waals surface area contributed by atoms with E-state index in [0.29, 0.717) is 29.8 Å². The highest BCUT2D eigenvalue weighted by atomic mass is 16.5. The van der Waals surface area contributed by atoms with Crippen molar-refractivity contribution >= 4 is 17.7 Å². The Bertz CT molecular complexity index is 996. The van der Waals surface area contributed by atoms with Gasteiger partial charge in [0, 0.05) is 17.2 Å². The van der Waals surface area contributed by atoms with Gasteiger partial charge in [-0.1, -0.05) is 13.0 Å². The number of rotatable bonds is 5. The van der Waals surface area contributed by atoms with Crippen molar-refractivity contribution in [1.29, 1.82) is 0 Å². The highest BCUT2D eigenvalue weighted by Gasteiger charge is 2.44. The molecule has 32 heavy (non-hydrogen) atoms. The van der Waals surface area contributed by atoms with Crippen LogP contribution < -0.4 is 14.8 Å². The number of aromatic nitrogens is 1. The van der Waals surface area contributed by atoms with Crippen LogP contribution in [0.2, 0.25) is 0 Å². The molecule has 2 aromatic rings. The van der Waals surface area contributed by atoms with Gasteiger partial charge >= 0.3 is 6.09 Å². The number of benzene rings is 1. The van der Waals surface area contributed by atoms with Crippen LogP contribution in [0.15, 0.2) is 36.5 Å². The SMILES string of the molecule is CC1COc2cccc(Oc3ccc(NC(=O)C(C)(C)N(C(=O)O)C(C)(C)C)cn3)c2C1. The van der Waals surface area contributed by atoms with Crippen molar-refractivity contribution in [2.45, 2.75) is 59.0 Å². The van der Waals surface area contributed by atoms with Crippen LogP contribution in [0.5, 0.6) is 17.4 Å². The number of hydrogen-bond donors (Lipinski definition) is 2. The molecule has 1 atom stereocenters. The molecule has 2 heterocycles. The average molecular weight is 442 g/mol. The molecule has 3 rings (SSSR count). The van der Waals surface area contributed by atoms with Crippen LogP contribution in [0.1, 0.15) is 47.1 Å². The van der Waals surface area contributed by atoms with Gasteiger partial charge in [-0.25, -0.2) is 9.78 Å². The molecule has 0 fully saturated rings. The third-order valence-electron chi connectivity index (χ3n) is 5.35. The van der Waals surface area contributed by atoms with E-state index in [0.717, 1.165) is 22.6 Å². The van der Waals surface area contributed by atoms with E-state index < -0.39 is 23.1 Å². The molecular formula is C24H31N3O5. The fourth-order valence-electron chi connectivity index (χ4n) is 3.99. The lowest BCUT2D eigenvalue weighted by atomic mass is 9.94. The summed E-state index contributed by atoms with van der Waals surface area (Å²) in [6, 6.07) is 9.03. The minimum atomic E-state index is -1.29. The van der Waals surface area contributed by atoms with Crippen LogP contribution in [-0.2, 0) is 11.2 Å². The zero-order valence-electron chi connectivity index (χ0n) is 19.4. The monoisotopic (exact) mass is 441 g/mol. The molecule has 0 aliphatic carbocycles. The first-order chi connectivity index (χ1) is 14.9. The van der Waals surface area contributed by atoms with Gasteiger partial charge in [0.15, 0.2) is 0 Å². The topological polar surface area (TPSA) is 101 Å². The van der Waals surface area contributed by atoms with E-state index in [2.05, 4.69) is 17.2 Å². The lowest BCUT2D eigenvalue weighted by Crippen LogP contribution is -2.61. The number of hydrogen-bond acceptors (Lipinski definition) is 5. The predicted octanol–water partition coefficient (Wildman–Crippen LogP) is 4.94. The first-order valence-corrected chi connectivity index (χ1v) is 10.6. The number of anilines is 1. The number of amides is 2. The van der Waals surface area contributed by atoms with Gasteiger partial charge in [0.25, 0.3) is 0 Å². The second kappa shape index (κ2) is 8.68. The number of nitrogens with one attached hydrogen (secondary N) is 1. The molecule has 0 bridgehead atoms. The van der Waals surface area contributed by atoms with Gasteiger partial charge in [-0.3, -0.25) is 9.69 Å². The Kier molecular flexibility index (Phi) is 6.34. The Labute approximate surface area is 188 Å². The summed E-state index contributed by atoms with van der Waals surface area (Å²) in [5.41, 5.74) is -0.581. The fraction of sp³-hybridized carbons (Fsp3) is 0.458. The van der Waals surface area contributed by atoms with Crippen LogP contribution >= 0.6 is 0 Å². The summed E-state index contributed by atoms with van der Waals surface area (Å²) >= 11 is 0. The molecule has 0 saturated heterocycles. The second-order valence-corrected chi connectivity index (χ2v) is 9.64. The van der Waals surface area contributed by atoms with E-state index in [9.17, 15) is 14.7 Å². The van der Waals surface area contributed by atoms with E-state index in [1.54, 1.807) is 46.8 Å². The van der Waals surface area contributed by atoms with E-state index in [1.165, 1.54) is 6.20 Å². The quantitative estimate of drug-likeness (QED) is 0.681. The van der Waals surface area contributed by atoms with Crippen LogP contribution in [0.25, 0.3) is 0 Å². The zero-order valence-corrected chi connectivity index (χ0v) is 19.4. The summed E-state index contributed by atoms with van der Waals surface area (Å²) in [6.07, 6.45) is 1.19. The number of carbonyl (C=O) groups is 2. The molecule has 1 aromatic carbocycles. The molecule has 2 N–H and O–H groups in total. The zero-order chi connectivity index (χ0) is 23.7. The third-order valence-corrected chi connectivity index (χ3v) is 5.35. The fourth-order valence-corrected chi connectivity index (χ4v) is 3.99. The van der Waals surface area contributed by atoms with Gasteiger partial charge in [-0.2, -0.15) is 0 Å². The maximum Gasteiger partial charge on any atom is 0.408 e. The number of ether oxygens (including phenoxy) is 2. The van der Waals surface area contributed by atoms with Gasteiger partial charge in [-0.05, 0) is 65.2 Å². The van der Waals surface area contributed by atoms with Crippen molar-refractivity contribution in [3.05, 3.63) is 42.1 Å². The highest BCUT2D eigenvalue weighted by Crippen LogP contribution is 2.36. The van der Waals surface area contributed by atoms with Gasteiger partial charge in [-0.15, -0.1) is 0 Å². The van der Waals surface area contributed by atoms with Crippen molar-refractivity contribution in [2.24, 2.45) is 5.92 Å². The molecule has 2 amide bonds. The number of carboxylic acid groups (broad SMARTS) is 1. The second-order valence-electron chi connectivity index (χ2n) is 9.64. The lowest BCUT2D eigenvalue weighted by Gasteiger charge is -2.43. The van der Waals surface area contributed by atoms with Crippen molar-refractivity contribution in [2.75, 3.05) is 11.9 Å². The first kappa shape index (κ1) is 23.4. The van der Waals surface area contributed by atoms with E-state index in [-0.39, 0.29) is 0 Å². The Hall–Kier alpha value is -3.29. The van der Waals surface area contributed by atoms with Crippen molar-refractivity contribution in [1.82, 2.24) is 9.88 Å². The highest BCUT2D eigenvalue weighted by molar-refractivity contribution is 5.99. The van der Waals surface area contributed by atoms with E-state index >= 15 is 0 Å². The standard InChI is InChI=1S/C24H31N3O5/c1-15-12-17-18(31-14-15)8-7-9-19(17)32-20-11-10-16(13-25-20)26-21(28)24(5,6)27(22(29)30)23(2,3)4/h7-11,13,15H,12,14H2,1-6H3,(H,26,28)(H,29,30). The number of nitrogens with zero attached hydrogens (tertiary/aromatic N) is 2. The average Bonchev–Trinajstić information content (AvgIpc) is 2.68. The van der Waals surface area contributed by atoms with Gasteiger partial charge in [0.05, 0.1) is 18.5 Å². The first-order valence-electron chi connectivity index (χ1n) is 10.6. The predicted molar refractivity (Wildman–Crippen MR) is 121 cm³/mol. The Morgan fingerprint density at radius 2 is 1.91 bits per heavy atom. The van der Waals surface area contributed by atoms with Gasteiger partial charge in [0.1, 0.15) is 17.0 Å². The molecule has 1 aromatic heterocycles. The molecule has 8 heteroatoms. The molecule has 0 spiro atoms. The molecule has 1 unspecified atom stereocenters. The summed E-state index contributed by atoms with van der Waals surface area (Å²) in [4.78, 5) is 30.1. The number of fused-ring (bicyclic) bond motifs is 1. The molecule has 0 radical (unpaired) electrons. The maximum atomic E-state index is 12.9. The van der Waals surface area contributed by atoms with Gasteiger partial charge in [0.2, 0.25) is 11.8 Å². The largest absolute Gasteiger partial charge is 0.493 e. The minimum absolute atomic E-state index is 0.385. The molecule has 1 aliphatic rings.